The molecule has 0 fully saturated rings. The molecule has 0 saturated heterocycles. The summed E-state index contributed by atoms with van der Waals surface area (Å²) in [7, 11) is 0. The zero-order chi connectivity index (χ0) is 20.4. The SMILES string of the molecule is CC(C)Cc1ccc(C(C)c2nc3ccccc3n2C(C)c2ccccc2)cc1. The average Bonchev–Trinajstić information content (AvgIpc) is 3.13. The minimum Gasteiger partial charge on any atom is -0.320 e. The van der Waals surface area contributed by atoms with Gasteiger partial charge < -0.3 is 4.57 Å². The zero-order valence-corrected chi connectivity index (χ0v) is 17.8. The third-order valence-corrected chi connectivity index (χ3v) is 5.80. The van der Waals surface area contributed by atoms with E-state index in [-0.39, 0.29) is 12.0 Å². The van der Waals surface area contributed by atoms with Crippen LogP contribution in [0.4, 0.5) is 0 Å². The van der Waals surface area contributed by atoms with Crippen molar-refractivity contribution in [2.45, 2.75) is 46.1 Å². The smallest absolute Gasteiger partial charge is 0.117 e. The van der Waals surface area contributed by atoms with E-state index in [1.807, 2.05) is 0 Å². The van der Waals surface area contributed by atoms with Crippen molar-refractivity contribution >= 4 is 11.0 Å². The number of para-hydroxylation sites is 2. The van der Waals surface area contributed by atoms with Crippen LogP contribution in [-0.4, -0.2) is 9.55 Å². The summed E-state index contributed by atoms with van der Waals surface area (Å²) in [6.07, 6.45) is 1.12. The first-order chi connectivity index (χ1) is 14.0. The van der Waals surface area contributed by atoms with Crippen LogP contribution < -0.4 is 0 Å². The molecule has 0 amide bonds. The van der Waals surface area contributed by atoms with Gasteiger partial charge in [-0.25, -0.2) is 4.98 Å². The van der Waals surface area contributed by atoms with Gasteiger partial charge in [-0.15, -0.1) is 0 Å². The Bertz CT molecular complexity index is 1070. The van der Waals surface area contributed by atoms with E-state index in [1.165, 1.54) is 22.2 Å². The summed E-state index contributed by atoms with van der Waals surface area (Å²) < 4.78 is 2.41. The van der Waals surface area contributed by atoms with E-state index < -0.39 is 0 Å². The molecular weight excluding hydrogens is 352 g/mol. The second-order valence-corrected chi connectivity index (χ2v) is 8.48. The molecule has 1 aromatic heterocycles. The standard InChI is InChI=1S/C27H30N2/c1-19(2)18-22-14-16-23(17-15-22)20(3)27-28-25-12-8-9-13-26(25)29(27)21(4)24-10-6-5-7-11-24/h5-17,19-21H,18H2,1-4H3. The van der Waals surface area contributed by atoms with Gasteiger partial charge in [-0.1, -0.05) is 87.5 Å². The maximum absolute atomic E-state index is 5.07. The molecule has 0 N–H and O–H groups in total. The summed E-state index contributed by atoms with van der Waals surface area (Å²) in [4.78, 5) is 5.07. The Balaban J connectivity index is 1.77. The molecule has 0 aliphatic heterocycles. The lowest BCUT2D eigenvalue weighted by Gasteiger charge is -2.21. The fourth-order valence-corrected chi connectivity index (χ4v) is 4.22. The maximum atomic E-state index is 5.07. The van der Waals surface area contributed by atoms with Crippen molar-refractivity contribution in [2.75, 3.05) is 0 Å². The summed E-state index contributed by atoms with van der Waals surface area (Å²) in [5, 5.41) is 0. The number of aromatic nitrogens is 2. The van der Waals surface area contributed by atoms with Crippen LogP contribution in [0.3, 0.4) is 0 Å². The molecule has 2 unspecified atom stereocenters. The molecule has 4 aromatic rings. The lowest BCUT2D eigenvalue weighted by atomic mass is 9.96. The summed E-state index contributed by atoms with van der Waals surface area (Å²) in [5.74, 6) is 2.02. The highest BCUT2D eigenvalue weighted by Crippen LogP contribution is 2.32. The van der Waals surface area contributed by atoms with Crippen molar-refractivity contribution in [1.29, 1.82) is 0 Å². The van der Waals surface area contributed by atoms with Gasteiger partial charge in [0.25, 0.3) is 0 Å². The summed E-state index contributed by atoms with van der Waals surface area (Å²) in [5.41, 5.74) is 6.28. The number of nitrogens with zero attached hydrogens (tertiary/aromatic N) is 2. The van der Waals surface area contributed by atoms with Gasteiger partial charge in [0.2, 0.25) is 0 Å². The van der Waals surface area contributed by atoms with Gasteiger partial charge in [0.15, 0.2) is 0 Å². The number of imidazole rings is 1. The Morgan fingerprint density at radius 1 is 0.724 bits per heavy atom. The molecular formula is C27H30N2. The lowest BCUT2D eigenvalue weighted by Crippen LogP contribution is -2.13. The second kappa shape index (κ2) is 8.24. The molecule has 2 nitrogen and oxygen atoms in total. The van der Waals surface area contributed by atoms with Crippen LogP contribution in [0.5, 0.6) is 0 Å². The average molecular weight is 383 g/mol. The van der Waals surface area contributed by atoms with Gasteiger partial charge in [0, 0.05) is 5.92 Å². The van der Waals surface area contributed by atoms with Crippen LogP contribution in [0.25, 0.3) is 11.0 Å². The van der Waals surface area contributed by atoms with E-state index in [9.17, 15) is 0 Å². The number of hydrogen-bond acceptors (Lipinski definition) is 1. The lowest BCUT2D eigenvalue weighted by molar-refractivity contribution is 0.603. The Morgan fingerprint density at radius 3 is 2.07 bits per heavy atom. The predicted octanol–water partition coefficient (Wildman–Crippen LogP) is 7.00. The molecule has 0 spiro atoms. The first-order valence-corrected chi connectivity index (χ1v) is 10.6. The molecule has 4 rings (SSSR count). The summed E-state index contributed by atoms with van der Waals surface area (Å²) >= 11 is 0. The third kappa shape index (κ3) is 3.98. The minimum absolute atomic E-state index is 0.223. The maximum Gasteiger partial charge on any atom is 0.117 e. The van der Waals surface area contributed by atoms with Crippen LogP contribution in [0, 0.1) is 5.92 Å². The van der Waals surface area contributed by atoms with E-state index in [2.05, 4.69) is 111 Å². The Labute approximate surface area is 174 Å². The topological polar surface area (TPSA) is 17.8 Å². The van der Waals surface area contributed by atoms with Gasteiger partial charge in [-0.2, -0.15) is 0 Å². The fourth-order valence-electron chi connectivity index (χ4n) is 4.22. The molecule has 2 atom stereocenters. The first-order valence-electron chi connectivity index (χ1n) is 10.6. The van der Waals surface area contributed by atoms with Crippen LogP contribution >= 0.6 is 0 Å². The molecule has 3 aromatic carbocycles. The highest BCUT2D eigenvalue weighted by molar-refractivity contribution is 5.76. The monoisotopic (exact) mass is 382 g/mol. The zero-order valence-electron chi connectivity index (χ0n) is 17.8. The van der Waals surface area contributed by atoms with Crippen molar-refractivity contribution in [3.8, 4) is 0 Å². The number of hydrogen-bond donors (Lipinski definition) is 0. The van der Waals surface area contributed by atoms with Gasteiger partial charge >= 0.3 is 0 Å². The van der Waals surface area contributed by atoms with E-state index in [1.54, 1.807) is 0 Å². The normalized spacial score (nSPS) is 13.7. The van der Waals surface area contributed by atoms with Gasteiger partial charge in [-0.05, 0) is 48.1 Å². The molecule has 148 valence electrons. The van der Waals surface area contributed by atoms with E-state index >= 15 is 0 Å². The Kier molecular flexibility index (Phi) is 5.53. The van der Waals surface area contributed by atoms with Crippen LogP contribution in [0.2, 0.25) is 0 Å². The Morgan fingerprint density at radius 2 is 1.38 bits per heavy atom. The molecule has 1 heterocycles. The number of fused-ring (bicyclic) bond motifs is 1. The predicted molar refractivity (Wildman–Crippen MR) is 122 cm³/mol. The third-order valence-electron chi connectivity index (χ3n) is 5.80. The van der Waals surface area contributed by atoms with Crippen molar-refractivity contribution in [2.24, 2.45) is 5.92 Å². The van der Waals surface area contributed by atoms with Crippen molar-refractivity contribution in [3.63, 3.8) is 0 Å². The molecule has 0 aliphatic rings. The van der Waals surface area contributed by atoms with E-state index in [0.717, 1.165) is 17.8 Å². The van der Waals surface area contributed by atoms with Crippen molar-refractivity contribution in [1.82, 2.24) is 9.55 Å². The Hall–Kier alpha value is -2.87. The largest absolute Gasteiger partial charge is 0.320 e. The highest BCUT2D eigenvalue weighted by Gasteiger charge is 2.22. The van der Waals surface area contributed by atoms with E-state index in [0.29, 0.717) is 5.92 Å². The molecule has 0 radical (unpaired) electrons. The molecule has 2 heteroatoms. The molecule has 0 bridgehead atoms. The van der Waals surface area contributed by atoms with Crippen LogP contribution in [0.1, 0.15) is 62.2 Å². The highest BCUT2D eigenvalue weighted by atomic mass is 15.1. The quantitative estimate of drug-likeness (QED) is 0.351. The number of benzene rings is 3. The van der Waals surface area contributed by atoms with Crippen molar-refractivity contribution < 1.29 is 0 Å². The van der Waals surface area contributed by atoms with Gasteiger partial charge in [-0.3, -0.25) is 0 Å². The molecule has 29 heavy (non-hydrogen) atoms. The van der Waals surface area contributed by atoms with Crippen LogP contribution in [-0.2, 0) is 6.42 Å². The first kappa shape index (κ1) is 19.4. The summed E-state index contributed by atoms with van der Waals surface area (Å²) in [6, 6.07) is 28.5. The summed E-state index contributed by atoms with van der Waals surface area (Å²) in [6.45, 7) is 9.08. The number of rotatable bonds is 6. The fraction of sp³-hybridized carbons (Fsp3) is 0.296. The molecule has 0 saturated carbocycles. The van der Waals surface area contributed by atoms with Crippen molar-refractivity contribution in [3.05, 3.63) is 101 Å². The van der Waals surface area contributed by atoms with Gasteiger partial charge in [0.05, 0.1) is 17.1 Å². The molecule has 0 aliphatic carbocycles. The van der Waals surface area contributed by atoms with Crippen LogP contribution in [0.15, 0.2) is 78.9 Å². The minimum atomic E-state index is 0.223. The van der Waals surface area contributed by atoms with E-state index in [4.69, 9.17) is 4.98 Å². The van der Waals surface area contributed by atoms with Gasteiger partial charge in [0.1, 0.15) is 5.82 Å². The second-order valence-electron chi connectivity index (χ2n) is 8.48.